The van der Waals surface area contributed by atoms with Crippen molar-refractivity contribution in [3.8, 4) is 0 Å². The first kappa shape index (κ1) is 21.1. The van der Waals surface area contributed by atoms with Crippen molar-refractivity contribution in [2.24, 2.45) is 5.73 Å². The summed E-state index contributed by atoms with van der Waals surface area (Å²) in [7, 11) is -2.42. The van der Waals surface area contributed by atoms with Gasteiger partial charge in [-0.1, -0.05) is 24.3 Å². The Morgan fingerprint density at radius 2 is 1.68 bits per heavy atom. The third-order valence-corrected chi connectivity index (χ3v) is 5.74. The van der Waals surface area contributed by atoms with E-state index in [4.69, 9.17) is 5.73 Å². The number of sulfone groups is 1. The summed E-state index contributed by atoms with van der Waals surface area (Å²) in [6.45, 7) is 0. The summed E-state index contributed by atoms with van der Waals surface area (Å²) in [6.07, 6.45) is -0.186. The van der Waals surface area contributed by atoms with Crippen LogP contribution in [0.3, 0.4) is 0 Å². The third-order valence-electron chi connectivity index (χ3n) is 3.97. The van der Waals surface area contributed by atoms with Crippen LogP contribution in [0, 0.1) is 0 Å². The van der Waals surface area contributed by atoms with E-state index in [1.54, 1.807) is 18.2 Å². The number of hydrogen-bond donors (Lipinski definition) is 2. The van der Waals surface area contributed by atoms with Gasteiger partial charge in [0, 0.05) is 5.56 Å². The lowest BCUT2D eigenvalue weighted by Gasteiger charge is -2.16. The number of esters is 1. The highest BCUT2D eigenvalue weighted by molar-refractivity contribution is 7.91. The normalized spacial score (nSPS) is 12.0. The van der Waals surface area contributed by atoms with Crippen LogP contribution in [0.4, 0.5) is 0 Å². The van der Waals surface area contributed by atoms with Crippen molar-refractivity contribution in [3.05, 3.63) is 65.7 Å². The molecule has 28 heavy (non-hydrogen) atoms. The van der Waals surface area contributed by atoms with Crippen molar-refractivity contribution in [1.82, 2.24) is 5.32 Å². The van der Waals surface area contributed by atoms with Gasteiger partial charge in [-0.3, -0.25) is 9.59 Å². The average molecular weight is 404 g/mol. The number of ether oxygens (including phenoxy) is 1. The van der Waals surface area contributed by atoms with Gasteiger partial charge >= 0.3 is 5.97 Å². The van der Waals surface area contributed by atoms with Crippen LogP contribution in [-0.4, -0.2) is 45.1 Å². The summed E-state index contributed by atoms with van der Waals surface area (Å²) >= 11 is 0. The largest absolute Gasteiger partial charge is 0.465 e. The maximum Gasteiger partial charge on any atom is 0.337 e. The molecule has 0 aliphatic carbocycles. The molecule has 2 aromatic rings. The minimum Gasteiger partial charge on any atom is -0.465 e. The molecular formula is C19H20N2O6S. The number of amides is 2. The molecule has 0 bridgehead atoms. The molecular weight excluding hydrogens is 384 g/mol. The van der Waals surface area contributed by atoms with E-state index in [1.807, 2.05) is 0 Å². The zero-order chi connectivity index (χ0) is 20.7. The summed E-state index contributed by atoms with van der Waals surface area (Å²) in [5.74, 6) is -2.50. The summed E-state index contributed by atoms with van der Waals surface area (Å²) in [5, 5.41) is 2.41. The van der Waals surface area contributed by atoms with Gasteiger partial charge in [-0.15, -0.1) is 0 Å². The van der Waals surface area contributed by atoms with E-state index in [1.165, 1.54) is 43.5 Å². The number of nitrogens with one attached hydrogen (secondary N) is 1. The molecule has 3 N–H and O–H groups in total. The van der Waals surface area contributed by atoms with Gasteiger partial charge in [0.2, 0.25) is 5.91 Å². The van der Waals surface area contributed by atoms with Gasteiger partial charge in [0.1, 0.15) is 6.04 Å². The molecule has 0 heterocycles. The predicted octanol–water partition coefficient (Wildman–Crippen LogP) is 0.921. The van der Waals surface area contributed by atoms with Crippen LogP contribution in [0.15, 0.2) is 59.5 Å². The Labute approximate surface area is 162 Å². The second-order valence-electron chi connectivity index (χ2n) is 5.92. The number of rotatable bonds is 8. The maximum atomic E-state index is 12.4. The SMILES string of the molecule is COC(=O)c1cccc(C(=O)N[C@H](CCS(=O)(=O)c2ccccc2)C(N)=O)c1. The summed E-state index contributed by atoms with van der Waals surface area (Å²) in [5.41, 5.74) is 5.58. The second-order valence-corrected chi connectivity index (χ2v) is 8.03. The minimum absolute atomic E-state index is 0.111. The summed E-state index contributed by atoms with van der Waals surface area (Å²) in [4.78, 5) is 35.8. The van der Waals surface area contributed by atoms with Crippen molar-refractivity contribution < 1.29 is 27.5 Å². The molecule has 0 saturated carbocycles. The zero-order valence-electron chi connectivity index (χ0n) is 15.1. The van der Waals surface area contributed by atoms with Crippen LogP contribution in [0.2, 0.25) is 0 Å². The van der Waals surface area contributed by atoms with Crippen molar-refractivity contribution in [1.29, 1.82) is 0 Å². The van der Waals surface area contributed by atoms with E-state index in [-0.39, 0.29) is 28.2 Å². The number of benzene rings is 2. The van der Waals surface area contributed by atoms with Gasteiger partial charge in [0.05, 0.1) is 23.3 Å². The lowest BCUT2D eigenvalue weighted by Crippen LogP contribution is -2.45. The molecule has 148 valence electrons. The highest BCUT2D eigenvalue weighted by Crippen LogP contribution is 2.13. The smallest absolute Gasteiger partial charge is 0.337 e. The van der Waals surface area contributed by atoms with E-state index in [0.29, 0.717) is 0 Å². The van der Waals surface area contributed by atoms with E-state index in [0.717, 1.165) is 0 Å². The van der Waals surface area contributed by atoms with Gasteiger partial charge in [0.25, 0.3) is 5.91 Å². The van der Waals surface area contributed by atoms with Crippen LogP contribution < -0.4 is 11.1 Å². The number of primary amides is 1. The fraction of sp³-hybridized carbons (Fsp3) is 0.211. The number of carbonyl (C=O) groups is 3. The van der Waals surface area contributed by atoms with Crippen LogP contribution in [-0.2, 0) is 19.4 Å². The molecule has 0 saturated heterocycles. The molecule has 2 amide bonds. The molecule has 1 atom stereocenters. The van der Waals surface area contributed by atoms with E-state index < -0.39 is 33.7 Å². The third kappa shape index (κ3) is 5.40. The van der Waals surface area contributed by atoms with E-state index in [9.17, 15) is 22.8 Å². The quantitative estimate of drug-likeness (QED) is 0.629. The van der Waals surface area contributed by atoms with Gasteiger partial charge in [-0.05, 0) is 36.8 Å². The summed E-state index contributed by atoms with van der Waals surface area (Å²) < 4.78 is 29.3. The molecule has 0 unspecified atom stereocenters. The maximum absolute atomic E-state index is 12.4. The molecule has 0 radical (unpaired) electrons. The molecule has 0 aliphatic heterocycles. The fourth-order valence-electron chi connectivity index (χ4n) is 2.45. The fourth-order valence-corrected chi connectivity index (χ4v) is 3.80. The van der Waals surface area contributed by atoms with Crippen LogP contribution in [0.1, 0.15) is 27.1 Å². The lowest BCUT2D eigenvalue weighted by molar-refractivity contribution is -0.119. The predicted molar refractivity (Wildman–Crippen MR) is 101 cm³/mol. The molecule has 0 aliphatic rings. The monoisotopic (exact) mass is 404 g/mol. The van der Waals surface area contributed by atoms with Crippen molar-refractivity contribution in [3.63, 3.8) is 0 Å². The first-order valence-electron chi connectivity index (χ1n) is 8.31. The van der Waals surface area contributed by atoms with E-state index in [2.05, 4.69) is 10.1 Å². The Bertz CT molecular complexity index is 973. The summed E-state index contributed by atoms with van der Waals surface area (Å²) in [6, 6.07) is 12.3. The molecule has 2 aromatic carbocycles. The van der Waals surface area contributed by atoms with Gasteiger partial charge in [-0.2, -0.15) is 0 Å². The van der Waals surface area contributed by atoms with Crippen LogP contribution in [0.5, 0.6) is 0 Å². The first-order valence-corrected chi connectivity index (χ1v) is 9.96. The Balaban J connectivity index is 2.10. The van der Waals surface area contributed by atoms with Gasteiger partial charge in [-0.25, -0.2) is 13.2 Å². The lowest BCUT2D eigenvalue weighted by atomic mass is 10.1. The highest BCUT2D eigenvalue weighted by Gasteiger charge is 2.23. The van der Waals surface area contributed by atoms with Gasteiger partial charge < -0.3 is 15.8 Å². The highest BCUT2D eigenvalue weighted by atomic mass is 32.2. The molecule has 9 heteroatoms. The Morgan fingerprint density at radius 3 is 2.29 bits per heavy atom. The number of methoxy groups -OCH3 is 1. The van der Waals surface area contributed by atoms with E-state index >= 15 is 0 Å². The number of hydrogen-bond acceptors (Lipinski definition) is 6. The van der Waals surface area contributed by atoms with Crippen molar-refractivity contribution >= 4 is 27.6 Å². The zero-order valence-corrected chi connectivity index (χ0v) is 15.9. The minimum atomic E-state index is -3.63. The number of nitrogens with two attached hydrogens (primary N) is 1. The Morgan fingerprint density at radius 1 is 1.04 bits per heavy atom. The van der Waals surface area contributed by atoms with Crippen LogP contribution >= 0.6 is 0 Å². The van der Waals surface area contributed by atoms with Crippen molar-refractivity contribution in [2.75, 3.05) is 12.9 Å². The Kier molecular flexibility index (Phi) is 6.89. The van der Waals surface area contributed by atoms with Crippen molar-refractivity contribution in [2.45, 2.75) is 17.4 Å². The first-order chi connectivity index (χ1) is 13.2. The Hall–Kier alpha value is -3.20. The molecule has 0 aromatic heterocycles. The second kappa shape index (κ2) is 9.14. The van der Waals surface area contributed by atoms with Gasteiger partial charge in [0.15, 0.2) is 9.84 Å². The number of carbonyl (C=O) groups excluding carboxylic acids is 3. The van der Waals surface area contributed by atoms with Crippen LogP contribution in [0.25, 0.3) is 0 Å². The average Bonchev–Trinajstić information content (AvgIpc) is 2.70. The molecule has 2 rings (SSSR count). The molecule has 0 spiro atoms. The molecule has 0 fully saturated rings. The standard InChI is InChI=1S/C19H20N2O6S/c1-27-19(24)14-7-5-6-13(12-14)18(23)21-16(17(20)22)10-11-28(25,26)15-8-3-2-4-9-15/h2-9,12,16H,10-11H2,1H3,(H2,20,22)(H,21,23)/t16-/m1/s1. The topological polar surface area (TPSA) is 133 Å². The molecule has 8 nitrogen and oxygen atoms in total.